The van der Waals surface area contributed by atoms with E-state index in [0.29, 0.717) is 0 Å². The third kappa shape index (κ3) is 4.13. The third-order valence-electron chi connectivity index (χ3n) is 6.45. The predicted molar refractivity (Wildman–Crippen MR) is 148 cm³/mol. The van der Waals surface area contributed by atoms with Crippen LogP contribution in [0, 0.1) is 0 Å². The monoisotopic (exact) mass is 499 g/mol. The van der Waals surface area contributed by atoms with E-state index >= 15 is 0 Å². The lowest BCUT2D eigenvalue weighted by Gasteiger charge is -2.12. The number of fused-ring (bicyclic) bond motifs is 3. The molecule has 178 valence electrons. The lowest BCUT2D eigenvalue weighted by molar-refractivity contribution is 0.357. The standard InChI is InChI=1S/C30H21N5OS/c1-2-5-24-23(4-1)28(20-7-12-26-19(18-20)14-17-36-26)34-35-30(24)33-21-8-10-22(11-9-21)37-27-13-16-31-25-6-3-15-32-29(25)27/h1-13,15-16,18H,14,17H2,(H,33,35). The molecule has 3 aromatic heterocycles. The molecule has 1 aliphatic heterocycles. The van der Waals surface area contributed by atoms with Gasteiger partial charge < -0.3 is 10.1 Å². The summed E-state index contributed by atoms with van der Waals surface area (Å²) in [6.07, 6.45) is 4.55. The molecule has 0 unspecified atom stereocenters. The summed E-state index contributed by atoms with van der Waals surface area (Å²) < 4.78 is 5.67. The summed E-state index contributed by atoms with van der Waals surface area (Å²) in [6.45, 7) is 0.738. The van der Waals surface area contributed by atoms with Crippen molar-refractivity contribution < 1.29 is 4.74 Å². The van der Waals surface area contributed by atoms with Gasteiger partial charge in [-0.1, -0.05) is 36.0 Å². The fourth-order valence-electron chi connectivity index (χ4n) is 4.65. The summed E-state index contributed by atoms with van der Waals surface area (Å²) in [5.74, 6) is 1.70. The Balaban J connectivity index is 1.17. The van der Waals surface area contributed by atoms with Crippen LogP contribution in [0.3, 0.4) is 0 Å². The van der Waals surface area contributed by atoms with E-state index in [2.05, 4.69) is 74.0 Å². The van der Waals surface area contributed by atoms with Crippen molar-refractivity contribution in [2.45, 2.75) is 16.2 Å². The highest BCUT2D eigenvalue weighted by molar-refractivity contribution is 7.99. The number of ether oxygens (including phenoxy) is 1. The zero-order valence-corrected chi connectivity index (χ0v) is 20.6. The van der Waals surface area contributed by atoms with Gasteiger partial charge >= 0.3 is 0 Å². The lowest BCUT2D eigenvalue weighted by Crippen LogP contribution is -1.99. The zero-order valence-electron chi connectivity index (χ0n) is 19.8. The average Bonchev–Trinajstić information content (AvgIpc) is 3.43. The van der Waals surface area contributed by atoms with Gasteiger partial charge in [-0.3, -0.25) is 9.97 Å². The number of benzene rings is 3. The van der Waals surface area contributed by atoms with Crippen molar-refractivity contribution in [3.05, 3.63) is 103 Å². The number of hydrogen-bond acceptors (Lipinski definition) is 7. The van der Waals surface area contributed by atoms with Crippen LogP contribution < -0.4 is 10.1 Å². The van der Waals surface area contributed by atoms with Gasteiger partial charge in [-0.15, -0.1) is 10.2 Å². The summed E-state index contributed by atoms with van der Waals surface area (Å²) in [5.41, 5.74) is 5.91. The molecule has 7 rings (SSSR count). The van der Waals surface area contributed by atoms with Gasteiger partial charge in [0.1, 0.15) is 17.0 Å². The number of anilines is 2. The second-order valence-electron chi connectivity index (χ2n) is 8.80. The second-order valence-corrected chi connectivity index (χ2v) is 9.91. The Morgan fingerprint density at radius 1 is 0.784 bits per heavy atom. The Morgan fingerprint density at radius 2 is 1.68 bits per heavy atom. The molecule has 1 N–H and O–H groups in total. The van der Waals surface area contributed by atoms with E-state index in [1.54, 1.807) is 18.0 Å². The highest BCUT2D eigenvalue weighted by Gasteiger charge is 2.16. The largest absolute Gasteiger partial charge is 0.493 e. The number of rotatable bonds is 5. The molecule has 6 aromatic rings. The predicted octanol–water partition coefficient (Wildman–Crippen LogP) is 7.07. The van der Waals surface area contributed by atoms with E-state index in [4.69, 9.17) is 4.74 Å². The molecule has 6 nitrogen and oxygen atoms in total. The molecule has 7 heteroatoms. The van der Waals surface area contributed by atoms with E-state index in [1.165, 1.54) is 5.56 Å². The van der Waals surface area contributed by atoms with Crippen molar-refractivity contribution in [3.8, 4) is 17.0 Å². The van der Waals surface area contributed by atoms with Gasteiger partial charge in [0.25, 0.3) is 0 Å². The second kappa shape index (κ2) is 9.19. The van der Waals surface area contributed by atoms with Crippen molar-refractivity contribution in [2.24, 2.45) is 0 Å². The van der Waals surface area contributed by atoms with Gasteiger partial charge in [0.05, 0.1) is 12.1 Å². The van der Waals surface area contributed by atoms with Crippen molar-refractivity contribution in [1.29, 1.82) is 0 Å². The SMILES string of the molecule is c1cnc2c(Sc3ccc(Nc4nnc(-c5ccc6c(c5)CCO6)c5ccccc45)cc3)ccnc2c1. The van der Waals surface area contributed by atoms with E-state index < -0.39 is 0 Å². The Morgan fingerprint density at radius 3 is 2.59 bits per heavy atom. The van der Waals surface area contributed by atoms with E-state index in [-0.39, 0.29) is 0 Å². The van der Waals surface area contributed by atoms with Crippen LogP contribution in [0.5, 0.6) is 5.75 Å². The molecule has 0 saturated heterocycles. The minimum atomic E-state index is 0.730. The van der Waals surface area contributed by atoms with Crippen LogP contribution in [-0.4, -0.2) is 26.8 Å². The quantitative estimate of drug-likeness (QED) is 0.272. The van der Waals surface area contributed by atoms with Gasteiger partial charge in [-0.25, -0.2) is 0 Å². The average molecular weight is 500 g/mol. The summed E-state index contributed by atoms with van der Waals surface area (Å²) in [4.78, 5) is 11.1. The third-order valence-corrected chi connectivity index (χ3v) is 7.51. The smallest absolute Gasteiger partial charge is 0.161 e. The number of aromatic nitrogens is 4. The van der Waals surface area contributed by atoms with Crippen LogP contribution >= 0.6 is 11.8 Å². The fourth-order valence-corrected chi connectivity index (χ4v) is 5.56. The van der Waals surface area contributed by atoms with E-state index in [0.717, 1.165) is 73.1 Å². The lowest BCUT2D eigenvalue weighted by atomic mass is 10.0. The molecule has 0 amide bonds. The van der Waals surface area contributed by atoms with Gasteiger partial charge in [0.2, 0.25) is 0 Å². The molecular formula is C30H21N5OS. The first-order valence-electron chi connectivity index (χ1n) is 12.1. The topological polar surface area (TPSA) is 72.8 Å². The Kier molecular flexibility index (Phi) is 5.40. The first kappa shape index (κ1) is 21.8. The van der Waals surface area contributed by atoms with Crippen molar-refractivity contribution in [3.63, 3.8) is 0 Å². The maximum Gasteiger partial charge on any atom is 0.161 e. The van der Waals surface area contributed by atoms with Crippen molar-refractivity contribution in [2.75, 3.05) is 11.9 Å². The van der Waals surface area contributed by atoms with E-state index in [1.807, 2.05) is 42.6 Å². The molecule has 0 bridgehead atoms. The maximum atomic E-state index is 5.67. The van der Waals surface area contributed by atoms with Gasteiger partial charge in [0.15, 0.2) is 5.82 Å². The summed E-state index contributed by atoms with van der Waals surface area (Å²) in [5, 5.41) is 14.8. The molecule has 0 fully saturated rings. The van der Waals surface area contributed by atoms with Crippen LogP contribution in [-0.2, 0) is 6.42 Å². The highest BCUT2D eigenvalue weighted by atomic mass is 32.2. The number of hydrogen-bond donors (Lipinski definition) is 1. The number of pyridine rings is 2. The first-order chi connectivity index (χ1) is 18.3. The van der Waals surface area contributed by atoms with Gasteiger partial charge in [0, 0.05) is 50.6 Å². The molecule has 37 heavy (non-hydrogen) atoms. The van der Waals surface area contributed by atoms with Crippen molar-refractivity contribution in [1.82, 2.24) is 20.2 Å². The Bertz CT molecular complexity index is 1770. The summed E-state index contributed by atoms with van der Waals surface area (Å²) in [6, 6.07) is 28.7. The minimum absolute atomic E-state index is 0.730. The summed E-state index contributed by atoms with van der Waals surface area (Å²) in [7, 11) is 0. The molecule has 0 radical (unpaired) electrons. The van der Waals surface area contributed by atoms with Crippen LogP contribution in [0.1, 0.15) is 5.56 Å². The van der Waals surface area contributed by atoms with Crippen LogP contribution in [0.25, 0.3) is 33.1 Å². The zero-order chi connectivity index (χ0) is 24.6. The van der Waals surface area contributed by atoms with Crippen LogP contribution in [0.2, 0.25) is 0 Å². The van der Waals surface area contributed by atoms with Crippen LogP contribution in [0.4, 0.5) is 11.5 Å². The molecule has 3 aromatic carbocycles. The van der Waals surface area contributed by atoms with Crippen molar-refractivity contribution >= 4 is 45.1 Å². The molecule has 0 saturated carbocycles. The Hall–Kier alpha value is -4.49. The minimum Gasteiger partial charge on any atom is -0.493 e. The normalized spacial score (nSPS) is 12.4. The molecular weight excluding hydrogens is 478 g/mol. The molecule has 4 heterocycles. The molecule has 0 atom stereocenters. The molecule has 0 spiro atoms. The summed E-state index contributed by atoms with van der Waals surface area (Å²) >= 11 is 1.68. The van der Waals surface area contributed by atoms with Gasteiger partial charge in [-0.05, 0) is 66.2 Å². The Labute approximate surface area is 217 Å². The van der Waals surface area contributed by atoms with Gasteiger partial charge in [-0.2, -0.15) is 0 Å². The van der Waals surface area contributed by atoms with Crippen LogP contribution in [0.15, 0.2) is 107 Å². The number of nitrogens with one attached hydrogen (secondary N) is 1. The fraction of sp³-hybridized carbons (Fsp3) is 0.0667. The number of nitrogens with zero attached hydrogens (tertiary/aromatic N) is 4. The maximum absolute atomic E-state index is 5.67. The van der Waals surface area contributed by atoms with E-state index in [9.17, 15) is 0 Å². The molecule has 1 aliphatic rings. The molecule has 0 aliphatic carbocycles. The highest BCUT2D eigenvalue weighted by Crippen LogP contribution is 2.36. The first-order valence-corrected chi connectivity index (χ1v) is 12.9.